The second-order valence-corrected chi connectivity index (χ2v) is 5.43. The minimum atomic E-state index is 0.300. The van der Waals surface area contributed by atoms with E-state index in [4.69, 9.17) is 14.7 Å². The summed E-state index contributed by atoms with van der Waals surface area (Å²) in [5, 5.41) is 3.19. The highest BCUT2D eigenvalue weighted by Gasteiger charge is 2.21. The maximum absolute atomic E-state index is 5.59. The van der Waals surface area contributed by atoms with E-state index in [0.717, 1.165) is 54.5 Å². The molecule has 3 rings (SSSR count). The maximum atomic E-state index is 5.59. The Bertz CT molecular complexity index is 607. The third-order valence-corrected chi connectivity index (χ3v) is 3.97. The third kappa shape index (κ3) is 2.90. The van der Waals surface area contributed by atoms with E-state index in [0.29, 0.717) is 5.92 Å². The van der Waals surface area contributed by atoms with E-state index in [2.05, 4.69) is 24.4 Å². The zero-order valence-corrected chi connectivity index (χ0v) is 12.6. The Morgan fingerprint density at radius 1 is 1.19 bits per heavy atom. The Morgan fingerprint density at radius 2 is 2.00 bits per heavy atom. The van der Waals surface area contributed by atoms with Crippen LogP contribution in [0, 0.1) is 6.92 Å². The lowest BCUT2D eigenvalue weighted by atomic mass is 10.00. The zero-order chi connectivity index (χ0) is 14.7. The number of anilines is 1. The van der Waals surface area contributed by atoms with Gasteiger partial charge < -0.3 is 10.1 Å². The van der Waals surface area contributed by atoms with Crippen LogP contribution in [-0.2, 0) is 4.74 Å². The molecule has 0 saturated carbocycles. The van der Waals surface area contributed by atoms with Crippen molar-refractivity contribution in [3.05, 3.63) is 41.7 Å². The summed E-state index contributed by atoms with van der Waals surface area (Å²) in [6.45, 7) is 3.64. The van der Waals surface area contributed by atoms with Gasteiger partial charge in [-0.1, -0.05) is 30.3 Å². The molecule has 2 heterocycles. The predicted molar refractivity (Wildman–Crippen MR) is 84.5 cm³/mol. The normalized spacial score (nSPS) is 18.5. The van der Waals surface area contributed by atoms with Crippen LogP contribution in [0.1, 0.15) is 30.1 Å². The van der Waals surface area contributed by atoms with Gasteiger partial charge in [-0.25, -0.2) is 9.97 Å². The summed E-state index contributed by atoms with van der Waals surface area (Å²) < 4.78 is 5.59. The average Bonchev–Trinajstić information content (AvgIpc) is 2.56. The molecule has 110 valence electrons. The Hall–Kier alpha value is -1.94. The van der Waals surface area contributed by atoms with Crippen molar-refractivity contribution < 1.29 is 4.74 Å². The summed E-state index contributed by atoms with van der Waals surface area (Å²) in [6, 6.07) is 10.3. The van der Waals surface area contributed by atoms with E-state index in [9.17, 15) is 0 Å². The van der Waals surface area contributed by atoms with Crippen LogP contribution in [-0.4, -0.2) is 30.2 Å². The molecule has 1 N–H and O–H groups in total. The molecule has 1 aliphatic heterocycles. The molecule has 0 amide bonds. The molecule has 1 unspecified atom stereocenters. The van der Waals surface area contributed by atoms with Gasteiger partial charge in [0.1, 0.15) is 11.6 Å². The topological polar surface area (TPSA) is 47.0 Å². The van der Waals surface area contributed by atoms with E-state index in [-0.39, 0.29) is 0 Å². The van der Waals surface area contributed by atoms with Crippen LogP contribution in [0.5, 0.6) is 0 Å². The fourth-order valence-corrected chi connectivity index (χ4v) is 2.78. The van der Waals surface area contributed by atoms with Gasteiger partial charge in [0.05, 0.1) is 12.3 Å². The first-order valence-corrected chi connectivity index (χ1v) is 7.49. The number of hydrogen-bond donors (Lipinski definition) is 1. The van der Waals surface area contributed by atoms with Gasteiger partial charge >= 0.3 is 0 Å². The quantitative estimate of drug-likeness (QED) is 0.938. The van der Waals surface area contributed by atoms with E-state index in [1.54, 1.807) is 0 Å². The monoisotopic (exact) mass is 283 g/mol. The third-order valence-electron chi connectivity index (χ3n) is 3.97. The molecule has 21 heavy (non-hydrogen) atoms. The van der Waals surface area contributed by atoms with Crippen molar-refractivity contribution in [3.8, 4) is 11.3 Å². The predicted octanol–water partition coefficient (Wildman–Crippen LogP) is 3.39. The van der Waals surface area contributed by atoms with Crippen LogP contribution in [0.2, 0.25) is 0 Å². The lowest BCUT2D eigenvalue weighted by Crippen LogP contribution is -2.19. The first-order chi connectivity index (χ1) is 10.3. The first kappa shape index (κ1) is 14.0. The lowest BCUT2D eigenvalue weighted by molar-refractivity contribution is 0.0781. The number of nitrogens with one attached hydrogen (secondary N) is 1. The van der Waals surface area contributed by atoms with Crippen molar-refractivity contribution in [1.82, 2.24) is 9.97 Å². The largest absolute Gasteiger partial charge is 0.381 e. The van der Waals surface area contributed by atoms with Crippen LogP contribution in [0.3, 0.4) is 0 Å². The molecule has 1 aliphatic rings. The minimum Gasteiger partial charge on any atom is -0.381 e. The fourth-order valence-electron chi connectivity index (χ4n) is 2.78. The highest BCUT2D eigenvalue weighted by Crippen LogP contribution is 2.30. The molecule has 1 atom stereocenters. The molecule has 0 spiro atoms. The van der Waals surface area contributed by atoms with E-state index in [1.165, 1.54) is 0 Å². The van der Waals surface area contributed by atoms with Gasteiger partial charge in [0, 0.05) is 30.7 Å². The van der Waals surface area contributed by atoms with Crippen molar-refractivity contribution in [2.45, 2.75) is 25.7 Å². The molecule has 1 saturated heterocycles. The Balaban J connectivity index is 2.06. The fraction of sp³-hybridized carbons (Fsp3) is 0.412. The Kier molecular flexibility index (Phi) is 4.15. The summed E-state index contributed by atoms with van der Waals surface area (Å²) in [5.74, 6) is 2.10. The van der Waals surface area contributed by atoms with Gasteiger partial charge in [0.15, 0.2) is 0 Å². The highest BCUT2D eigenvalue weighted by atomic mass is 16.5. The molecule has 2 aromatic rings. The molecule has 4 nitrogen and oxygen atoms in total. The van der Waals surface area contributed by atoms with Crippen molar-refractivity contribution in [2.24, 2.45) is 0 Å². The summed E-state index contributed by atoms with van der Waals surface area (Å²) in [7, 11) is 1.91. The molecule has 1 aromatic carbocycles. The molecule has 1 aromatic heterocycles. The van der Waals surface area contributed by atoms with Gasteiger partial charge in [-0.2, -0.15) is 0 Å². The number of aromatic nitrogens is 2. The molecule has 4 heteroatoms. The minimum absolute atomic E-state index is 0.300. The summed E-state index contributed by atoms with van der Waals surface area (Å²) in [6.07, 6.45) is 2.18. The van der Waals surface area contributed by atoms with Crippen LogP contribution in [0.25, 0.3) is 11.3 Å². The average molecular weight is 283 g/mol. The molecule has 0 radical (unpaired) electrons. The van der Waals surface area contributed by atoms with Gasteiger partial charge in [0.25, 0.3) is 0 Å². The van der Waals surface area contributed by atoms with Crippen molar-refractivity contribution in [1.29, 1.82) is 0 Å². The second kappa shape index (κ2) is 6.22. The zero-order valence-electron chi connectivity index (χ0n) is 12.6. The standard InChI is InChI=1S/C17H21N3O/c1-12-15(13-7-4-3-5-8-13)19-17(20-16(12)18-2)14-9-6-10-21-11-14/h3-5,7-8,14H,6,9-11H2,1-2H3,(H,18,19,20). The van der Waals surface area contributed by atoms with Gasteiger partial charge in [-0.3, -0.25) is 0 Å². The molecule has 1 fully saturated rings. The van der Waals surface area contributed by atoms with Gasteiger partial charge in [-0.05, 0) is 19.8 Å². The van der Waals surface area contributed by atoms with Crippen LogP contribution < -0.4 is 5.32 Å². The number of nitrogens with zero attached hydrogens (tertiary/aromatic N) is 2. The van der Waals surface area contributed by atoms with Crippen LogP contribution in [0.4, 0.5) is 5.82 Å². The second-order valence-electron chi connectivity index (χ2n) is 5.43. The van der Waals surface area contributed by atoms with Crippen LogP contribution in [0.15, 0.2) is 30.3 Å². The summed E-state index contributed by atoms with van der Waals surface area (Å²) in [4.78, 5) is 9.54. The van der Waals surface area contributed by atoms with Crippen LogP contribution >= 0.6 is 0 Å². The van der Waals surface area contributed by atoms with Crippen molar-refractivity contribution in [3.63, 3.8) is 0 Å². The van der Waals surface area contributed by atoms with E-state index in [1.807, 2.05) is 25.2 Å². The number of hydrogen-bond acceptors (Lipinski definition) is 4. The van der Waals surface area contributed by atoms with Gasteiger partial charge in [-0.15, -0.1) is 0 Å². The Morgan fingerprint density at radius 3 is 2.67 bits per heavy atom. The molecular weight excluding hydrogens is 262 g/mol. The number of rotatable bonds is 3. The number of benzene rings is 1. The lowest BCUT2D eigenvalue weighted by Gasteiger charge is -2.22. The number of ether oxygens (including phenoxy) is 1. The van der Waals surface area contributed by atoms with E-state index >= 15 is 0 Å². The first-order valence-electron chi connectivity index (χ1n) is 7.49. The van der Waals surface area contributed by atoms with Crippen molar-refractivity contribution >= 4 is 5.82 Å². The Labute approximate surface area is 125 Å². The van der Waals surface area contributed by atoms with Crippen molar-refractivity contribution in [2.75, 3.05) is 25.6 Å². The van der Waals surface area contributed by atoms with Gasteiger partial charge in [0.2, 0.25) is 0 Å². The smallest absolute Gasteiger partial charge is 0.136 e. The summed E-state index contributed by atoms with van der Waals surface area (Å²) >= 11 is 0. The molecule has 0 aliphatic carbocycles. The van der Waals surface area contributed by atoms with E-state index < -0.39 is 0 Å². The summed E-state index contributed by atoms with van der Waals surface area (Å²) in [5.41, 5.74) is 3.23. The molecule has 0 bridgehead atoms. The highest BCUT2D eigenvalue weighted by molar-refractivity contribution is 5.68. The molecular formula is C17H21N3O. The SMILES string of the molecule is CNc1nc(C2CCCOC2)nc(-c2ccccc2)c1C. The maximum Gasteiger partial charge on any atom is 0.136 e.